The van der Waals surface area contributed by atoms with E-state index < -0.39 is 0 Å². The Kier molecular flexibility index (Phi) is 517. The SMILES string of the molecule is C.C.C.C.C.C.C.[CH-]=CCC(C)CC.[Rf]. The van der Waals surface area contributed by atoms with Crippen molar-refractivity contribution in [2.75, 3.05) is 0 Å². The zero-order valence-electron chi connectivity index (χ0n) is 5.85. The molecular formula is C14H41Rf-. The van der Waals surface area contributed by atoms with Gasteiger partial charge in [-0.1, -0.05) is 78.7 Å². The van der Waals surface area contributed by atoms with Crippen molar-refractivity contribution in [1.29, 1.82) is 0 Å². The standard InChI is InChI=1S/C7H13.7CH4.Rf/c1-4-6-7(3)5-2;;;;;;;;/h1,4,7H,5-6H2,2-3H3;7*1H4;/q-1;;;;;;;;. The maximum atomic E-state index is 5.18. The van der Waals surface area contributed by atoms with Gasteiger partial charge < -0.3 is 6.58 Å². The van der Waals surface area contributed by atoms with E-state index in [4.69, 9.17) is 6.58 Å². The Bertz CT molecular complexity index is 51.3. The van der Waals surface area contributed by atoms with Gasteiger partial charge >= 0.3 is 0 Å². The summed E-state index contributed by atoms with van der Waals surface area (Å²) < 4.78 is 0. The molecule has 0 aliphatic carbocycles. The monoisotopic (exact) mass is 476 g/mol. The molecule has 0 radical (unpaired) electrons. The van der Waals surface area contributed by atoms with Gasteiger partial charge in [-0.15, -0.1) is 0 Å². The van der Waals surface area contributed by atoms with Crippen LogP contribution in [-0.4, -0.2) is 0 Å². The predicted octanol–water partition coefficient (Wildman–Crippen LogP) is 6.86. The molecule has 0 aliphatic heterocycles. The summed E-state index contributed by atoms with van der Waals surface area (Å²) in [7, 11) is 0. The van der Waals surface area contributed by atoms with Crippen LogP contribution in [0.25, 0.3) is 0 Å². The minimum Gasteiger partial charge on any atom is -0.518 e. The van der Waals surface area contributed by atoms with E-state index in [9.17, 15) is 0 Å². The summed E-state index contributed by atoms with van der Waals surface area (Å²) in [4.78, 5) is 0. The molecule has 0 aliphatic rings. The van der Waals surface area contributed by atoms with Crippen molar-refractivity contribution in [3.05, 3.63) is 12.7 Å². The van der Waals surface area contributed by atoms with Crippen LogP contribution >= 0.6 is 0 Å². The molecule has 0 amide bonds. The molecule has 1 heteroatoms. The van der Waals surface area contributed by atoms with Crippen LogP contribution in [0.15, 0.2) is 6.08 Å². The Hall–Kier alpha value is -1.26. The molecule has 0 rings (SSSR count). The average Bonchev–Trinajstić information content (AvgIpc) is 1.68. The first-order valence-corrected chi connectivity index (χ1v) is 2.84. The molecule has 0 nitrogen and oxygen atoms in total. The average molecular weight is 476 g/mol. The van der Waals surface area contributed by atoms with Gasteiger partial charge in [-0.2, -0.15) is 0 Å². The van der Waals surface area contributed by atoms with Gasteiger partial charge in [0.2, 0.25) is 0 Å². The smallest absolute Gasteiger partial charge is 0 e. The third-order valence-corrected chi connectivity index (χ3v) is 1.24. The quantitative estimate of drug-likeness (QED) is 0.390. The molecule has 0 aromatic rings. The Balaban J connectivity index is -0.00000000643. The molecule has 0 spiro atoms. The molecule has 0 fully saturated rings. The summed E-state index contributed by atoms with van der Waals surface area (Å²) in [6.45, 7) is 9.55. The van der Waals surface area contributed by atoms with Crippen LogP contribution in [0.4, 0.5) is 0 Å². The summed E-state index contributed by atoms with van der Waals surface area (Å²) in [5.41, 5.74) is 0. The van der Waals surface area contributed by atoms with Crippen molar-refractivity contribution >= 4 is 0 Å². The molecule has 0 saturated heterocycles. The molecule has 0 N–H and O–H groups in total. The van der Waals surface area contributed by atoms with Gasteiger partial charge in [-0.25, -0.2) is 0 Å². The van der Waals surface area contributed by atoms with Crippen LogP contribution in [0.2, 0.25) is 0 Å². The second-order valence-electron chi connectivity index (χ2n) is 1.98. The fourth-order valence-corrected chi connectivity index (χ4v) is 0.399. The maximum Gasteiger partial charge on any atom is 0 e. The first kappa shape index (κ1) is 99.3. The van der Waals surface area contributed by atoms with Gasteiger partial charge in [-0.3, -0.25) is 6.08 Å². The number of hydrogen-bond acceptors (Lipinski definition) is 0. The van der Waals surface area contributed by atoms with E-state index in [1.165, 1.54) is 6.42 Å². The summed E-state index contributed by atoms with van der Waals surface area (Å²) in [5.74, 6) is 0.769. The first-order valence-electron chi connectivity index (χ1n) is 2.84. The molecule has 100 valence electrons. The molecule has 0 bridgehead atoms. The third-order valence-electron chi connectivity index (χ3n) is 1.24. The van der Waals surface area contributed by atoms with Crippen molar-refractivity contribution in [2.24, 2.45) is 5.92 Å². The van der Waals surface area contributed by atoms with Crippen LogP contribution in [0.5, 0.6) is 0 Å². The Morgan fingerprint density at radius 1 is 0.933 bits per heavy atom. The predicted molar refractivity (Wildman–Crippen MR) is 80.1 cm³/mol. The van der Waals surface area contributed by atoms with Gasteiger partial charge in [0.1, 0.15) is 0 Å². The van der Waals surface area contributed by atoms with Gasteiger partial charge in [0, 0.05) is 0 Å². The molecule has 0 saturated carbocycles. The minimum atomic E-state index is 0. The molecular weight excluding hydrogens is 435 g/mol. The number of hydrogen-bond donors (Lipinski definition) is 0. The van der Waals surface area contributed by atoms with Crippen molar-refractivity contribution in [1.82, 2.24) is 0 Å². The Morgan fingerprint density at radius 3 is 1.27 bits per heavy atom. The Labute approximate surface area is 97.8 Å². The van der Waals surface area contributed by atoms with E-state index >= 15 is 0 Å². The zero-order valence-corrected chi connectivity index (χ0v) is 12.3. The van der Waals surface area contributed by atoms with Crippen molar-refractivity contribution in [2.45, 2.75) is 78.7 Å². The van der Waals surface area contributed by atoms with E-state index in [1.54, 1.807) is 6.08 Å². The second kappa shape index (κ2) is 78.2. The normalized spacial score (nSPS) is 6.27. The number of rotatable bonds is 3. The van der Waals surface area contributed by atoms with Gasteiger partial charge in [0.15, 0.2) is 0 Å². The van der Waals surface area contributed by atoms with Crippen molar-refractivity contribution in [3.8, 4) is 0 Å². The molecule has 1 unspecified atom stereocenters. The van der Waals surface area contributed by atoms with E-state index in [2.05, 4.69) is 13.8 Å². The molecule has 15 heavy (non-hydrogen) atoms. The second-order valence-corrected chi connectivity index (χ2v) is 1.98. The Morgan fingerprint density at radius 2 is 1.20 bits per heavy atom. The molecule has 0 heterocycles. The van der Waals surface area contributed by atoms with Gasteiger partial charge in [0.25, 0.3) is 0 Å². The third kappa shape index (κ3) is 105. The number of allylic oxidation sites excluding steroid dienone is 1. The molecule has 1 atom stereocenters. The molecule has 0 aromatic carbocycles. The molecule has 0 aromatic heterocycles. The van der Waals surface area contributed by atoms with Gasteiger partial charge in [0.05, 0.1) is 0 Å². The summed E-state index contributed by atoms with van der Waals surface area (Å²) in [6.07, 6.45) is 4.01. The van der Waals surface area contributed by atoms with E-state index in [0.717, 1.165) is 12.3 Å². The maximum absolute atomic E-state index is 5.18. The van der Waals surface area contributed by atoms with Crippen LogP contribution in [0, 0.1) is 12.5 Å². The van der Waals surface area contributed by atoms with E-state index in [1.807, 2.05) is 0 Å². The minimum absolute atomic E-state index is 0. The van der Waals surface area contributed by atoms with Crippen molar-refractivity contribution < 1.29 is 0 Å². The largest absolute Gasteiger partial charge is 0.518 e. The van der Waals surface area contributed by atoms with E-state index in [0.29, 0.717) is 0 Å². The van der Waals surface area contributed by atoms with Crippen LogP contribution in [0.1, 0.15) is 78.7 Å². The fourth-order valence-electron chi connectivity index (χ4n) is 0.399. The van der Waals surface area contributed by atoms with Crippen molar-refractivity contribution in [3.63, 3.8) is 0 Å². The summed E-state index contributed by atoms with van der Waals surface area (Å²) in [6, 6.07) is 0. The van der Waals surface area contributed by atoms with Crippen LogP contribution in [-0.2, 0) is 0 Å². The first-order chi connectivity index (χ1) is 3.31. The summed E-state index contributed by atoms with van der Waals surface area (Å²) in [5, 5.41) is 0. The van der Waals surface area contributed by atoms with Gasteiger partial charge in [-0.05, 0) is 5.92 Å². The summed E-state index contributed by atoms with van der Waals surface area (Å²) >= 11 is 0. The van der Waals surface area contributed by atoms with Crippen LogP contribution < -0.4 is 0 Å². The zero-order chi connectivity index (χ0) is 5.70. The van der Waals surface area contributed by atoms with Crippen LogP contribution in [0.3, 0.4) is 0 Å². The van der Waals surface area contributed by atoms with E-state index in [-0.39, 0.29) is 52.0 Å². The fraction of sp³-hybridized carbons (Fsp3) is 0.857. The topological polar surface area (TPSA) is 0 Å².